The molecule has 25 heavy (non-hydrogen) atoms. The number of anilines is 1. The Hall–Kier alpha value is -3.15. The van der Waals surface area contributed by atoms with E-state index in [1.54, 1.807) is 30.0 Å². The number of benzene rings is 2. The van der Waals surface area contributed by atoms with E-state index in [1.807, 2.05) is 55.5 Å². The summed E-state index contributed by atoms with van der Waals surface area (Å²) in [7, 11) is 3.51. The number of aryl methyl sites for hydroxylation is 1. The number of hydrogen-bond donors (Lipinski definition) is 1. The molecule has 0 unspecified atom stereocenters. The van der Waals surface area contributed by atoms with Crippen molar-refractivity contribution < 1.29 is 4.79 Å². The number of carbonyl (C=O) groups is 1. The summed E-state index contributed by atoms with van der Waals surface area (Å²) in [5.41, 5.74) is 4.28. The molecule has 6 nitrogen and oxygen atoms in total. The molecule has 0 saturated carbocycles. The van der Waals surface area contributed by atoms with Crippen LogP contribution in [-0.2, 0) is 6.54 Å². The molecule has 2 aromatic carbocycles. The van der Waals surface area contributed by atoms with Gasteiger partial charge in [-0.2, -0.15) is 15.0 Å². The molecule has 6 heteroatoms. The highest BCUT2D eigenvalue weighted by molar-refractivity contribution is 5.96. The molecule has 1 heterocycles. The van der Waals surface area contributed by atoms with Crippen LogP contribution >= 0.6 is 0 Å². The molecule has 0 aliphatic carbocycles. The first-order valence-electron chi connectivity index (χ1n) is 8.07. The fourth-order valence-electron chi connectivity index (χ4n) is 2.46. The molecule has 128 valence electrons. The summed E-state index contributed by atoms with van der Waals surface area (Å²) in [4.78, 5) is 15.4. The maximum atomic E-state index is 12.2. The third kappa shape index (κ3) is 3.85. The number of para-hydroxylation sites is 1. The van der Waals surface area contributed by atoms with Gasteiger partial charge in [-0.3, -0.25) is 4.79 Å². The maximum absolute atomic E-state index is 12.2. The molecular formula is C19H21N5O. The Bertz CT molecular complexity index is 871. The van der Waals surface area contributed by atoms with Gasteiger partial charge in [0.2, 0.25) is 0 Å². The molecule has 0 saturated heterocycles. The van der Waals surface area contributed by atoms with E-state index < -0.39 is 0 Å². The molecule has 0 aliphatic heterocycles. The predicted octanol–water partition coefficient (Wildman–Crippen LogP) is 2.89. The molecule has 1 N–H and O–H groups in total. The van der Waals surface area contributed by atoms with E-state index in [1.165, 1.54) is 0 Å². The standard InChI is InChI=1S/C19H21N5O/c1-14-9-10-15(11-18(14)19(25)23(2)3)20-12-16-13-21-24(22-16)17-7-5-4-6-8-17/h4-11,13,20H,12H2,1-3H3. The zero-order chi connectivity index (χ0) is 17.8. The fourth-order valence-corrected chi connectivity index (χ4v) is 2.46. The van der Waals surface area contributed by atoms with Gasteiger partial charge in [-0.05, 0) is 36.8 Å². The summed E-state index contributed by atoms with van der Waals surface area (Å²) in [6.07, 6.45) is 1.74. The van der Waals surface area contributed by atoms with Crippen molar-refractivity contribution in [2.75, 3.05) is 19.4 Å². The SMILES string of the molecule is Cc1ccc(NCc2cnn(-c3ccccc3)n2)cc1C(=O)N(C)C. The van der Waals surface area contributed by atoms with Gasteiger partial charge in [-0.25, -0.2) is 0 Å². The van der Waals surface area contributed by atoms with Gasteiger partial charge < -0.3 is 10.2 Å². The minimum atomic E-state index is -0.00354. The van der Waals surface area contributed by atoms with Crippen LogP contribution in [0.1, 0.15) is 21.6 Å². The van der Waals surface area contributed by atoms with Gasteiger partial charge in [-0.15, -0.1) is 0 Å². The van der Waals surface area contributed by atoms with Crippen molar-refractivity contribution in [2.45, 2.75) is 13.5 Å². The Labute approximate surface area is 147 Å². The molecule has 1 aromatic heterocycles. The average Bonchev–Trinajstić information content (AvgIpc) is 3.10. The minimum absolute atomic E-state index is 0.00354. The van der Waals surface area contributed by atoms with Crippen molar-refractivity contribution in [3.05, 3.63) is 71.5 Å². The number of nitrogens with one attached hydrogen (secondary N) is 1. The molecule has 3 rings (SSSR count). The summed E-state index contributed by atoms with van der Waals surface area (Å²) in [6, 6.07) is 15.5. The third-order valence-electron chi connectivity index (χ3n) is 3.87. The monoisotopic (exact) mass is 335 g/mol. The second-order valence-electron chi connectivity index (χ2n) is 6.04. The fraction of sp³-hybridized carbons (Fsp3) is 0.211. The van der Waals surface area contributed by atoms with Crippen LogP contribution in [0.15, 0.2) is 54.7 Å². The van der Waals surface area contributed by atoms with Crippen LogP contribution in [0.25, 0.3) is 5.69 Å². The predicted molar refractivity (Wildman–Crippen MR) is 97.9 cm³/mol. The van der Waals surface area contributed by atoms with E-state index in [2.05, 4.69) is 15.5 Å². The Morgan fingerprint density at radius 2 is 1.92 bits per heavy atom. The van der Waals surface area contributed by atoms with Crippen LogP contribution in [0.4, 0.5) is 5.69 Å². The van der Waals surface area contributed by atoms with Gasteiger partial charge in [0.05, 0.1) is 18.4 Å². The van der Waals surface area contributed by atoms with Gasteiger partial charge in [0, 0.05) is 25.3 Å². The second kappa shape index (κ2) is 7.17. The van der Waals surface area contributed by atoms with Crippen molar-refractivity contribution in [2.24, 2.45) is 0 Å². The van der Waals surface area contributed by atoms with Gasteiger partial charge in [-0.1, -0.05) is 24.3 Å². The highest BCUT2D eigenvalue weighted by atomic mass is 16.2. The molecule has 0 aliphatic rings. The lowest BCUT2D eigenvalue weighted by Crippen LogP contribution is -2.22. The van der Waals surface area contributed by atoms with E-state index >= 15 is 0 Å². The number of aromatic nitrogens is 3. The highest BCUT2D eigenvalue weighted by Crippen LogP contribution is 2.17. The van der Waals surface area contributed by atoms with Gasteiger partial charge >= 0.3 is 0 Å². The van der Waals surface area contributed by atoms with Gasteiger partial charge in [0.1, 0.15) is 5.69 Å². The molecular weight excluding hydrogens is 314 g/mol. The number of carbonyl (C=O) groups excluding carboxylic acids is 1. The molecule has 0 bridgehead atoms. The van der Waals surface area contributed by atoms with E-state index in [-0.39, 0.29) is 5.91 Å². The van der Waals surface area contributed by atoms with Crippen LogP contribution in [0, 0.1) is 6.92 Å². The van der Waals surface area contributed by atoms with Crippen LogP contribution in [0.5, 0.6) is 0 Å². The van der Waals surface area contributed by atoms with Gasteiger partial charge in [0.25, 0.3) is 5.91 Å². The molecule has 3 aromatic rings. The molecule has 1 amide bonds. The summed E-state index contributed by atoms with van der Waals surface area (Å²) in [6.45, 7) is 2.47. The summed E-state index contributed by atoms with van der Waals surface area (Å²) >= 11 is 0. The van der Waals surface area contributed by atoms with Crippen LogP contribution in [0.2, 0.25) is 0 Å². The molecule has 0 radical (unpaired) electrons. The number of rotatable bonds is 5. The topological polar surface area (TPSA) is 63.1 Å². The smallest absolute Gasteiger partial charge is 0.253 e. The normalized spacial score (nSPS) is 10.5. The average molecular weight is 335 g/mol. The quantitative estimate of drug-likeness (QED) is 0.779. The zero-order valence-corrected chi connectivity index (χ0v) is 14.6. The summed E-state index contributed by atoms with van der Waals surface area (Å²) in [5.74, 6) is -0.00354. The molecule has 0 spiro atoms. The number of amides is 1. The lowest BCUT2D eigenvalue weighted by Gasteiger charge is -2.14. The summed E-state index contributed by atoms with van der Waals surface area (Å²) < 4.78 is 0. The largest absolute Gasteiger partial charge is 0.379 e. The second-order valence-corrected chi connectivity index (χ2v) is 6.04. The maximum Gasteiger partial charge on any atom is 0.253 e. The van der Waals surface area contributed by atoms with E-state index in [4.69, 9.17) is 0 Å². The van der Waals surface area contributed by atoms with E-state index in [9.17, 15) is 4.79 Å². The third-order valence-corrected chi connectivity index (χ3v) is 3.87. The van der Waals surface area contributed by atoms with Gasteiger partial charge in [0.15, 0.2) is 0 Å². The van der Waals surface area contributed by atoms with Crippen molar-refractivity contribution in [3.8, 4) is 5.69 Å². The van der Waals surface area contributed by atoms with Crippen LogP contribution in [-0.4, -0.2) is 39.9 Å². The Morgan fingerprint density at radius 3 is 2.64 bits per heavy atom. The van der Waals surface area contributed by atoms with Crippen LogP contribution < -0.4 is 5.32 Å². The minimum Gasteiger partial charge on any atom is -0.379 e. The van der Waals surface area contributed by atoms with Crippen molar-refractivity contribution >= 4 is 11.6 Å². The lowest BCUT2D eigenvalue weighted by atomic mass is 10.1. The molecule has 0 atom stereocenters. The Balaban J connectivity index is 1.71. The lowest BCUT2D eigenvalue weighted by molar-refractivity contribution is 0.0827. The Morgan fingerprint density at radius 1 is 1.16 bits per heavy atom. The van der Waals surface area contributed by atoms with Crippen molar-refractivity contribution in [3.63, 3.8) is 0 Å². The van der Waals surface area contributed by atoms with Crippen molar-refractivity contribution in [1.82, 2.24) is 19.9 Å². The van der Waals surface area contributed by atoms with E-state index in [0.717, 1.165) is 22.6 Å². The first-order valence-corrected chi connectivity index (χ1v) is 8.07. The van der Waals surface area contributed by atoms with Crippen LogP contribution in [0.3, 0.4) is 0 Å². The first kappa shape index (κ1) is 16.7. The first-order chi connectivity index (χ1) is 12.0. The summed E-state index contributed by atoms with van der Waals surface area (Å²) in [5, 5.41) is 12.1. The molecule has 0 fully saturated rings. The zero-order valence-electron chi connectivity index (χ0n) is 14.6. The number of nitrogens with zero attached hydrogens (tertiary/aromatic N) is 4. The number of hydrogen-bond acceptors (Lipinski definition) is 4. The van der Waals surface area contributed by atoms with Crippen molar-refractivity contribution in [1.29, 1.82) is 0 Å². The highest BCUT2D eigenvalue weighted by Gasteiger charge is 2.12. The Kier molecular flexibility index (Phi) is 4.79. The van der Waals surface area contributed by atoms with E-state index in [0.29, 0.717) is 12.1 Å².